The number of nitrogens with two attached hydrogens (primary N) is 2. The van der Waals surface area contributed by atoms with Crippen molar-refractivity contribution in [2.24, 2.45) is 13.0 Å². The predicted molar refractivity (Wildman–Crippen MR) is 239 cm³/mol. The lowest BCUT2D eigenvalue weighted by Gasteiger charge is -2.24. The Balaban J connectivity index is 0.911. The summed E-state index contributed by atoms with van der Waals surface area (Å²) >= 11 is 0.989. The van der Waals surface area contributed by atoms with Crippen molar-refractivity contribution in [3.05, 3.63) is 62.4 Å². The summed E-state index contributed by atoms with van der Waals surface area (Å²) in [7, 11) is -13.4. The van der Waals surface area contributed by atoms with Gasteiger partial charge in [0.25, 0.3) is 17.1 Å². The molecule has 8 heterocycles. The number of aliphatic hydroxyl groups is 3. The Morgan fingerprint density at radius 1 is 0.833 bits per heavy atom. The molecule has 0 bridgehead atoms. The van der Waals surface area contributed by atoms with E-state index >= 15 is 0 Å². The molecule has 0 amide bonds. The standard InChI is InChI=1S/C34H47N12O22P3S/c1-43-12-46(28-20(43)29(51)42-33(36)41-28)30-21(48)14(6-59-2)15(64-30)8-62-69(53,54)67-71(57,58)68-70(55,56)63-9-17-25(24(60-3)32(66-17)45-11-39-19-26(35)37-10-38-27(19)45)72-13-61-7-16-22(49)23(50)31(65-16)44-5-4-18(47)40-34(44)52/h4-5,10-12,14-17,21-25,30-32,48-50H,6-9,13H2,1-3H3,(H8-,35,36,37,38,40,41,42,47,51,52,53,54,55,56,57,58)/p+1/t14-,15-,16-,17-,21-,22-,23-,24-,25-,30-,31-,32-/m1/s1. The number of fused-ring (bicyclic) bond motifs is 2. The topological polar surface area (TPSA) is 470 Å². The molecular formula is C34H48N12O22P3S+. The molecule has 34 nitrogen and oxygen atoms in total. The van der Waals surface area contributed by atoms with E-state index in [1.54, 1.807) is 0 Å². The monoisotopic (exact) mass is 1100 g/mol. The first kappa shape index (κ1) is 53.9. The largest absolute Gasteiger partial charge is 0.490 e. The van der Waals surface area contributed by atoms with Gasteiger partial charge >= 0.3 is 34.8 Å². The first-order chi connectivity index (χ1) is 34.0. The van der Waals surface area contributed by atoms with Crippen LogP contribution >= 0.6 is 35.2 Å². The van der Waals surface area contributed by atoms with Gasteiger partial charge in [-0.1, -0.05) is 4.98 Å². The minimum absolute atomic E-state index is 0.00886. The fourth-order valence-corrected chi connectivity index (χ4v) is 13.0. The number of phosphoric ester groups is 2. The second kappa shape index (κ2) is 21.4. The Labute approximate surface area is 406 Å². The van der Waals surface area contributed by atoms with Gasteiger partial charge in [-0.3, -0.25) is 42.3 Å². The molecule has 5 aromatic heterocycles. The summed E-state index contributed by atoms with van der Waals surface area (Å²) < 4.78 is 97.5. The van der Waals surface area contributed by atoms with Crippen LogP contribution in [0.2, 0.25) is 0 Å². The molecule has 0 spiro atoms. The van der Waals surface area contributed by atoms with E-state index in [1.165, 1.54) is 54.0 Å². The summed E-state index contributed by atoms with van der Waals surface area (Å²) in [6.07, 6.45) is -8.17. The number of nitrogen functional groups attached to an aromatic ring is 2. The number of phosphoric acid groups is 3. The molecule has 15 atom stereocenters. The van der Waals surface area contributed by atoms with Crippen molar-refractivity contribution in [3.63, 3.8) is 0 Å². The molecule has 3 aliphatic rings. The fourth-order valence-electron chi connectivity index (χ4n) is 8.29. The number of anilines is 2. The molecule has 0 radical (unpaired) electrons. The van der Waals surface area contributed by atoms with Crippen molar-refractivity contribution in [2.45, 2.75) is 66.7 Å². The highest BCUT2D eigenvalue weighted by molar-refractivity contribution is 7.99. The Kier molecular flexibility index (Phi) is 16.0. The maximum atomic E-state index is 13.2. The van der Waals surface area contributed by atoms with Crippen molar-refractivity contribution >= 4 is 69.3 Å². The van der Waals surface area contributed by atoms with E-state index < -0.39 is 126 Å². The number of ether oxygens (including phenoxy) is 6. The number of aromatic amines is 2. The maximum absolute atomic E-state index is 13.2. The summed E-state index contributed by atoms with van der Waals surface area (Å²) in [4.78, 5) is 88.9. The molecule has 72 heavy (non-hydrogen) atoms. The Morgan fingerprint density at radius 3 is 2.21 bits per heavy atom. The number of thioether (sulfide) groups is 1. The van der Waals surface area contributed by atoms with Crippen molar-refractivity contribution in [2.75, 3.05) is 58.1 Å². The maximum Gasteiger partial charge on any atom is 0.490 e. The lowest BCUT2D eigenvalue weighted by molar-refractivity contribution is -0.745. The van der Waals surface area contributed by atoms with E-state index in [2.05, 4.69) is 33.5 Å². The number of H-pyrrole nitrogens is 2. The predicted octanol–water partition coefficient (Wildman–Crippen LogP) is -3.40. The van der Waals surface area contributed by atoms with Gasteiger partial charge in [0.2, 0.25) is 11.7 Å². The first-order valence-corrected chi connectivity index (χ1v) is 26.5. The van der Waals surface area contributed by atoms with E-state index in [-0.39, 0.29) is 53.2 Å². The van der Waals surface area contributed by atoms with Crippen LogP contribution in [0.3, 0.4) is 0 Å². The normalized spacial score (nSPS) is 30.2. The van der Waals surface area contributed by atoms with Crippen LogP contribution in [-0.4, -0.2) is 168 Å². The van der Waals surface area contributed by atoms with Crippen LogP contribution in [0, 0.1) is 5.92 Å². The number of hydrogen-bond acceptors (Lipinski definition) is 26. The van der Waals surface area contributed by atoms with E-state index in [4.69, 9.17) is 48.9 Å². The number of hydrogen-bond donors (Lipinski definition) is 10. The second-order valence-corrected chi connectivity index (χ2v) is 21.9. The number of methoxy groups -OCH3 is 2. The average molecular weight is 1100 g/mol. The zero-order valence-electron chi connectivity index (χ0n) is 37.5. The molecular weight excluding hydrogens is 1050 g/mol. The highest BCUT2D eigenvalue weighted by atomic mass is 32.2. The first-order valence-electron chi connectivity index (χ1n) is 20.9. The molecule has 0 aromatic carbocycles. The quantitative estimate of drug-likeness (QED) is 0.0148. The summed E-state index contributed by atoms with van der Waals surface area (Å²) in [5, 5.41) is 31.7. The summed E-state index contributed by atoms with van der Waals surface area (Å²) in [6, 6.07) is 1.02. The van der Waals surface area contributed by atoms with Gasteiger partial charge in [0.05, 0.1) is 63.2 Å². The van der Waals surface area contributed by atoms with Gasteiger partial charge in [-0.2, -0.15) is 8.62 Å². The van der Waals surface area contributed by atoms with Crippen molar-refractivity contribution in [1.29, 1.82) is 0 Å². The van der Waals surface area contributed by atoms with Crippen LogP contribution in [-0.2, 0) is 66.8 Å². The van der Waals surface area contributed by atoms with Gasteiger partial charge < -0.3 is 69.9 Å². The third-order valence-corrected chi connectivity index (χ3v) is 17.0. The number of nitrogens with zero attached hydrogens (tertiary/aromatic N) is 8. The molecule has 3 fully saturated rings. The summed E-state index contributed by atoms with van der Waals surface area (Å²) in [6.45, 7) is -2.38. The highest BCUT2D eigenvalue weighted by Gasteiger charge is 2.52. The zero-order chi connectivity index (χ0) is 52.0. The number of rotatable bonds is 21. The van der Waals surface area contributed by atoms with E-state index in [9.17, 15) is 58.1 Å². The van der Waals surface area contributed by atoms with Crippen LogP contribution < -0.4 is 32.8 Å². The lowest BCUT2D eigenvalue weighted by Crippen LogP contribution is -2.45. The van der Waals surface area contributed by atoms with Gasteiger partial charge in [-0.25, -0.2) is 38.0 Å². The number of imidazole rings is 2. The van der Waals surface area contributed by atoms with Crippen molar-refractivity contribution in [3.8, 4) is 0 Å². The number of nitrogens with one attached hydrogen (secondary N) is 2. The third-order valence-electron chi connectivity index (χ3n) is 11.5. The molecule has 396 valence electrons. The molecule has 0 aliphatic carbocycles. The molecule has 5 aromatic rings. The number of aryl methyl sites for hydroxylation is 1. The van der Waals surface area contributed by atoms with Crippen LogP contribution in [0.1, 0.15) is 18.7 Å². The van der Waals surface area contributed by atoms with Crippen LogP contribution in [0.25, 0.3) is 22.3 Å². The van der Waals surface area contributed by atoms with Crippen molar-refractivity contribution in [1.82, 2.24) is 43.6 Å². The molecule has 38 heteroatoms. The third kappa shape index (κ3) is 11.3. The van der Waals surface area contributed by atoms with Gasteiger partial charge in [0.15, 0.2) is 30.2 Å². The molecule has 3 aliphatic heterocycles. The molecule has 8 rings (SSSR count). The minimum atomic E-state index is -6.04. The van der Waals surface area contributed by atoms with Gasteiger partial charge in [-0.15, -0.1) is 11.8 Å². The summed E-state index contributed by atoms with van der Waals surface area (Å²) in [5.74, 6) is -1.45. The van der Waals surface area contributed by atoms with Crippen LogP contribution in [0.15, 0.2) is 45.6 Å². The SMILES string of the molecule is COC[C@H]1[C@@H](O)[C@H]([n+]2cn(C)c3c(=O)[nH]c(N)nc32)O[C@@H]1COP(=O)(O)OP(=O)(O)OP(=O)(O)OC[C@H]1O[C@@H](n2cnc3c(N)ncnc32)[C@H](OC)[C@@H]1SCOC[C@H]1O[C@@H](n2ccc(=O)[nH]c2=O)[C@H](O)[C@@H]1O. The fraction of sp³-hybridized carbons (Fsp3) is 0.588. The number of aromatic nitrogens is 10. The Hall–Kier alpha value is -4.42. The van der Waals surface area contributed by atoms with Gasteiger partial charge in [0, 0.05) is 32.4 Å². The zero-order valence-corrected chi connectivity index (χ0v) is 41.0. The van der Waals surface area contributed by atoms with Gasteiger partial charge in [0.1, 0.15) is 42.4 Å². The molecule has 3 unspecified atom stereocenters. The lowest BCUT2D eigenvalue weighted by atomic mass is 9.99. The second-order valence-electron chi connectivity index (χ2n) is 16.1. The highest BCUT2D eigenvalue weighted by Crippen LogP contribution is 2.68. The van der Waals surface area contributed by atoms with E-state index in [1.807, 2.05) is 4.98 Å². The van der Waals surface area contributed by atoms with Gasteiger partial charge in [-0.05, 0) is 0 Å². The minimum Gasteiger partial charge on any atom is -0.387 e. The molecule has 12 N–H and O–H groups in total. The smallest absolute Gasteiger partial charge is 0.387 e. The van der Waals surface area contributed by atoms with Crippen LogP contribution in [0.4, 0.5) is 11.8 Å². The molecule has 3 saturated heterocycles. The average Bonchev–Trinajstić information content (AvgIpc) is 4.10. The Morgan fingerprint density at radius 2 is 1.53 bits per heavy atom. The van der Waals surface area contributed by atoms with E-state index in [0.717, 1.165) is 28.6 Å². The summed E-state index contributed by atoms with van der Waals surface area (Å²) in [5.41, 5.74) is 9.97. The number of aliphatic hydroxyl groups excluding tert-OH is 3. The van der Waals surface area contributed by atoms with Crippen LogP contribution in [0.5, 0.6) is 0 Å². The Bertz CT molecular complexity index is 3110. The molecule has 0 saturated carbocycles. The van der Waals surface area contributed by atoms with Crippen molar-refractivity contribution < 1.29 is 94.4 Å². The van der Waals surface area contributed by atoms with E-state index in [0.29, 0.717) is 0 Å².